The highest BCUT2D eigenvalue weighted by molar-refractivity contribution is 5.54. The molecule has 8 heteroatoms. The molecule has 0 aliphatic carbocycles. The van der Waals surface area contributed by atoms with Gasteiger partial charge in [-0.3, -0.25) is 4.90 Å². The molecule has 0 radical (unpaired) electrons. The molecule has 3 rings (SSSR count). The summed E-state index contributed by atoms with van der Waals surface area (Å²) in [5.41, 5.74) is -0.251. The van der Waals surface area contributed by atoms with Crippen LogP contribution in [0, 0.1) is 0 Å². The maximum Gasteiger partial charge on any atom is 0.416 e. The van der Waals surface area contributed by atoms with Crippen LogP contribution in [0.5, 0.6) is 0 Å². The Labute approximate surface area is 130 Å². The van der Waals surface area contributed by atoms with Crippen LogP contribution in [-0.4, -0.2) is 39.3 Å². The molecule has 1 unspecified atom stereocenters. The quantitative estimate of drug-likeness (QED) is 0.939. The summed E-state index contributed by atoms with van der Waals surface area (Å²) in [6, 6.07) is 4.63. The van der Waals surface area contributed by atoms with Crippen molar-refractivity contribution in [2.75, 3.05) is 13.1 Å². The Morgan fingerprint density at radius 1 is 1.26 bits per heavy atom. The van der Waals surface area contributed by atoms with Crippen LogP contribution in [0.2, 0.25) is 0 Å². The zero-order valence-corrected chi connectivity index (χ0v) is 12.3. The van der Waals surface area contributed by atoms with Crippen LogP contribution < -0.4 is 0 Å². The summed E-state index contributed by atoms with van der Waals surface area (Å²) < 4.78 is 42.8. The van der Waals surface area contributed by atoms with Crippen molar-refractivity contribution in [3.8, 4) is 11.4 Å². The number of rotatable bonds is 3. The Hall–Kier alpha value is -1.93. The summed E-state index contributed by atoms with van der Waals surface area (Å²) in [6.07, 6.45) is -3.02. The molecule has 1 fully saturated rings. The SMILES string of the molecule is OC1CCCN(Cc2nc(-c3ccc(C(F)(F)F)cc3)no2)C1. The number of nitrogens with zero attached hydrogens (tertiary/aromatic N) is 3. The zero-order chi connectivity index (χ0) is 16.4. The molecule has 124 valence electrons. The van der Waals surface area contributed by atoms with Gasteiger partial charge in [-0.15, -0.1) is 0 Å². The first-order chi connectivity index (χ1) is 10.9. The molecule has 2 aromatic rings. The van der Waals surface area contributed by atoms with Crippen molar-refractivity contribution in [1.29, 1.82) is 0 Å². The van der Waals surface area contributed by atoms with E-state index in [9.17, 15) is 18.3 Å². The molecular weight excluding hydrogens is 311 g/mol. The largest absolute Gasteiger partial charge is 0.416 e. The summed E-state index contributed by atoms with van der Waals surface area (Å²) in [7, 11) is 0. The Morgan fingerprint density at radius 2 is 2.00 bits per heavy atom. The lowest BCUT2D eigenvalue weighted by atomic mass is 10.1. The molecule has 1 aliphatic rings. The Bertz CT molecular complexity index is 655. The highest BCUT2D eigenvalue weighted by atomic mass is 19.4. The van der Waals surface area contributed by atoms with Crippen molar-refractivity contribution in [3.05, 3.63) is 35.7 Å². The van der Waals surface area contributed by atoms with Gasteiger partial charge in [-0.25, -0.2) is 0 Å². The molecule has 1 atom stereocenters. The van der Waals surface area contributed by atoms with Crippen LogP contribution >= 0.6 is 0 Å². The fourth-order valence-corrected chi connectivity index (χ4v) is 2.61. The van der Waals surface area contributed by atoms with Crippen LogP contribution in [-0.2, 0) is 12.7 Å². The van der Waals surface area contributed by atoms with Gasteiger partial charge >= 0.3 is 6.18 Å². The predicted octanol–water partition coefficient (Wildman–Crippen LogP) is 2.71. The monoisotopic (exact) mass is 327 g/mol. The number of piperidine rings is 1. The molecule has 0 saturated carbocycles. The van der Waals surface area contributed by atoms with Gasteiger partial charge in [0.1, 0.15) is 0 Å². The van der Waals surface area contributed by atoms with Gasteiger partial charge < -0.3 is 9.63 Å². The van der Waals surface area contributed by atoms with E-state index in [4.69, 9.17) is 4.52 Å². The van der Waals surface area contributed by atoms with Crippen LogP contribution in [0.4, 0.5) is 13.2 Å². The second kappa shape index (κ2) is 6.29. The number of hydrogen-bond acceptors (Lipinski definition) is 5. The summed E-state index contributed by atoms with van der Waals surface area (Å²) in [5, 5.41) is 13.4. The molecule has 2 heterocycles. The number of benzene rings is 1. The minimum Gasteiger partial charge on any atom is -0.392 e. The minimum absolute atomic E-state index is 0.256. The van der Waals surface area contributed by atoms with E-state index < -0.39 is 11.7 Å². The first-order valence-electron chi connectivity index (χ1n) is 7.32. The third-order valence-corrected chi connectivity index (χ3v) is 3.78. The molecule has 5 nitrogen and oxygen atoms in total. The van der Waals surface area contributed by atoms with Gasteiger partial charge in [0.05, 0.1) is 18.2 Å². The topological polar surface area (TPSA) is 62.4 Å². The number of aliphatic hydroxyl groups excluding tert-OH is 1. The highest BCUT2D eigenvalue weighted by Crippen LogP contribution is 2.30. The predicted molar refractivity (Wildman–Crippen MR) is 75.3 cm³/mol. The molecule has 1 aromatic carbocycles. The molecule has 1 aliphatic heterocycles. The molecular formula is C15H16F3N3O2. The molecule has 0 bridgehead atoms. The molecule has 1 aromatic heterocycles. The first-order valence-corrected chi connectivity index (χ1v) is 7.32. The fraction of sp³-hybridized carbons (Fsp3) is 0.467. The molecule has 1 N–H and O–H groups in total. The number of hydrogen-bond donors (Lipinski definition) is 1. The van der Waals surface area contributed by atoms with Gasteiger partial charge in [-0.05, 0) is 31.5 Å². The number of β-amino-alcohol motifs (C(OH)–C–C–N with tert-alkyl or cyclic N) is 1. The second-order valence-electron chi connectivity index (χ2n) is 5.62. The number of likely N-dealkylation sites (tertiary alicyclic amines) is 1. The molecule has 0 spiro atoms. The van der Waals surface area contributed by atoms with Gasteiger partial charge in [0.25, 0.3) is 0 Å². The minimum atomic E-state index is -4.37. The lowest BCUT2D eigenvalue weighted by Gasteiger charge is -2.28. The molecule has 1 saturated heterocycles. The van der Waals surface area contributed by atoms with Gasteiger partial charge in [0.2, 0.25) is 11.7 Å². The smallest absolute Gasteiger partial charge is 0.392 e. The standard InChI is InChI=1S/C15H16F3N3O2/c16-15(17,18)11-5-3-10(4-6-11)14-19-13(23-20-14)9-21-7-1-2-12(22)8-21/h3-6,12,22H,1-2,7-9H2. The lowest BCUT2D eigenvalue weighted by molar-refractivity contribution is -0.137. The number of aromatic nitrogens is 2. The van der Waals surface area contributed by atoms with Gasteiger partial charge in [0, 0.05) is 12.1 Å². The zero-order valence-electron chi connectivity index (χ0n) is 12.3. The Kier molecular flexibility index (Phi) is 4.36. The van der Waals surface area contributed by atoms with Gasteiger partial charge in [0.15, 0.2) is 0 Å². The lowest BCUT2D eigenvalue weighted by Crippen LogP contribution is -2.37. The van der Waals surface area contributed by atoms with E-state index in [1.807, 2.05) is 4.90 Å². The van der Waals surface area contributed by atoms with E-state index >= 15 is 0 Å². The number of halogens is 3. The number of alkyl halides is 3. The van der Waals surface area contributed by atoms with E-state index in [2.05, 4.69) is 10.1 Å². The van der Waals surface area contributed by atoms with Crippen molar-refractivity contribution in [1.82, 2.24) is 15.0 Å². The van der Waals surface area contributed by atoms with Crippen LogP contribution in [0.1, 0.15) is 24.3 Å². The summed E-state index contributed by atoms with van der Waals surface area (Å²) in [5.74, 6) is 0.639. The highest BCUT2D eigenvalue weighted by Gasteiger charge is 2.30. The van der Waals surface area contributed by atoms with E-state index in [0.29, 0.717) is 24.5 Å². The average molecular weight is 327 g/mol. The van der Waals surface area contributed by atoms with E-state index in [0.717, 1.165) is 31.5 Å². The van der Waals surface area contributed by atoms with Crippen molar-refractivity contribution in [2.45, 2.75) is 31.7 Å². The van der Waals surface area contributed by atoms with Crippen molar-refractivity contribution >= 4 is 0 Å². The third-order valence-electron chi connectivity index (χ3n) is 3.78. The van der Waals surface area contributed by atoms with E-state index in [1.54, 1.807) is 0 Å². The van der Waals surface area contributed by atoms with Crippen molar-refractivity contribution in [2.24, 2.45) is 0 Å². The molecule has 23 heavy (non-hydrogen) atoms. The van der Waals surface area contributed by atoms with Gasteiger partial charge in [-0.2, -0.15) is 18.2 Å². The summed E-state index contributed by atoms with van der Waals surface area (Å²) in [6.45, 7) is 1.82. The maximum absolute atomic E-state index is 12.5. The van der Waals surface area contributed by atoms with E-state index in [1.165, 1.54) is 12.1 Å². The molecule has 0 amide bonds. The Balaban J connectivity index is 1.69. The first kappa shape index (κ1) is 15.9. The fourth-order valence-electron chi connectivity index (χ4n) is 2.61. The normalized spacial score (nSPS) is 19.9. The second-order valence-corrected chi connectivity index (χ2v) is 5.62. The Morgan fingerprint density at radius 3 is 2.65 bits per heavy atom. The van der Waals surface area contributed by atoms with Crippen molar-refractivity contribution in [3.63, 3.8) is 0 Å². The van der Waals surface area contributed by atoms with Crippen LogP contribution in [0.3, 0.4) is 0 Å². The van der Waals surface area contributed by atoms with Crippen molar-refractivity contribution < 1.29 is 22.8 Å². The average Bonchev–Trinajstić information content (AvgIpc) is 2.95. The third kappa shape index (κ3) is 3.89. The summed E-state index contributed by atoms with van der Waals surface area (Å²) in [4.78, 5) is 6.22. The van der Waals surface area contributed by atoms with Crippen LogP contribution in [0.15, 0.2) is 28.8 Å². The van der Waals surface area contributed by atoms with Gasteiger partial charge in [-0.1, -0.05) is 17.3 Å². The summed E-state index contributed by atoms with van der Waals surface area (Å²) >= 11 is 0. The van der Waals surface area contributed by atoms with Crippen LogP contribution in [0.25, 0.3) is 11.4 Å². The maximum atomic E-state index is 12.5. The number of aliphatic hydroxyl groups is 1. The van der Waals surface area contributed by atoms with E-state index in [-0.39, 0.29) is 11.9 Å².